The van der Waals surface area contributed by atoms with Crippen LogP contribution in [-0.2, 0) is 9.59 Å². The molecular weight excluding hydrogens is 208 g/mol. The highest BCUT2D eigenvalue weighted by atomic mass is 16.3. The fourth-order valence-corrected chi connectivity index (χ4v) is 1.22. The highest BCUT2D eigenvalue weighted by Gasteiger charge is 2.11. The summed E-state index contributed by atoms with van der Waals surface area (Å²) >= 11 is 0. The number of anilines is 1. The fraction of sp³-hybridized carbons (Fsp3) is 0.364. The van der Waals surface area contributed by atoms with Crippen LogP contribution in [0.15, 0.2) is 18.3 Å². The van der Waals surface area contributed by atoms with E-state index in [1.807, 2.05) is 6.92 Å². The normalized spacial score (nSPS) is 9.81. The van der Waals surface area contributed by atoms with E-state index in [0.29, 0.717) is 6.42 Å². The Morgan fingerprint density at radius 1 is 1.50 bits per heavy atom. The Labute approximate surface area is 93.5 Å². The van der Waals surface area contributed by atoms with E-state index in [4.69, 9.17) is 0 Å². The van der Waals surface area contributed by atoms with E-state index in [1.54, 1.807) is 6.07 Å². The van der Waals surface area contributed by atoms with Crippen molar-refractivity contribution < 1.29 is 14.7 Å². The van der Waals surface area contributed by atoms with Crippen molar-refractivity contribution >= 4 is 17.5 Å². The second-order valence-corrected chi connectivity index (χ2v) is 3.38. The second kappa shape index (κ2) is 5.85. The summed E-state index contributed by atoms with van der Waals surface area (Å²) in [5.41, 5.74) is 0. The van der Waals surface area contributed by atoms with Crippen molar-refractivity contribution in [3.05, 3.63) is 18.3 Å². The minimum atomic E-state index is -0.451. The molecule has 0 fully saturated rings. The van der Waals surface area contributed by atoms with Crippen LogP contribution in [0.5, 0.6) is 5.75 Å². The van der Waals surface area contributed by atoms with Gasteiger partial charge in [-0.2, -0.15) is 0 Å². The van der Waals surface area contributed by atoms with Crippen molar-refractivity contribution in [3.63, 3.8) is 0 Å². The lowest BCUT2D eigenvalue weighted by Gasteiger charge is -2.04. The first kappa shape index (κ1) is 12.2. The predicted molar refractivity (Wildman–Crippen MR) is 59.1 cm³/mol. The second-order valence-electron chi connectivity index (χ2n) is 3.38. The molecule has 5 heteroatoms. The van der Waals surface area contributed by atoms with Crippen LogP contribution in [-0.4, -0.2) is 21.8 Å². The van der Waals surface area contributed by atoms with Gasteiger partial charge in [0.05, 0.1) is 6.42 Å². The Morgan fingerprint density at radius 2 is 2.25 bits per heavy atom. The molecule has 5 nitrogen and oxygen atoms in total. The molecule has 0 saturated carbocycles. The Morgan fingerprint density at radius 3 is 2.88 bits per heavy atom. The average molecular weight is 222 g/mol. The van der Waals surface area contributed by atoms with Gasteiger partial charge in [-0.15, -0.1) is 0 Å². The number of pyridine rings is 1. The summed E-state index contributed by atoms with van der Waals surface area (Å²) in [6.45, 7) is 1.88. The van der Waals surface area contributed by atoms with Gasteiger partial charge in [-0.1, -0.05) is 6.92 Å². The summed E-state index contributed by atoms with van der Waals surface area (Å²) in [7, 11) is 0. The van der Waals surface area contributed by atoms with Gasteiger partial charge < -0.3 is 10.4 Å². The molecule has 1 heterocycles. The number of carbonyl (C=O) groups excluding carboxylic acids is 2. The molecule has 1 amide bonds. The van der Waals surface area contributed by atoms with Gasteiger partial charge in [-0.3, -0.25) is 9.59 Å². The van der Waals surface area contributed by atoms with Gasteiger partial charge in [-0.25, -0.2) is 4.98 Å². The van der Waals surface area contributed by atoms with E-state index >= 15 is 0 Å². The van der Waals surface area contributed by atoms with E-state index in [0.717, 1.165) is 6.42 Å². The van der Waals surface area contributed by atoms with Gasteiger partial charge in [0.1, 0.15) is 5.78 Å². The Bertz CT molecular complexity index is 391. The van der Waals surface area contributed by atoms with Gasteiger partial charge in [0.25, 0.3) is 0 Å². The Kier molecular flexibility index (Phi) is 4.44. The number of aromatic nitrogens is 1. The summed E-state index contributed by atoms with van der Waals surface area (Å²) < 4.78 is 0. The van der Waals surface area contributed by atoms with Gasteiger partial charge in [0.15, 0.2) is 11.6 Å². The maximum absolute atomic E-state index is 11.4. The number of Topliss-reactive ketones (excluding diaryl/α,β-unsaturated/α-hetero) is 1. The van der Waals surface area contributed by atoms with E-state index in [1.165, 1.54) is 12.3 Å². The average Bonchev–Trinajstić information content (AvgIpc) is 2.21. The molecule has 0 atom stereocenters. The fourth-order valence-electron chi connectivity index (χ4n) is 1.22. The molecule has 86 valence electrons. The van der Waals surface area contributed by atoms with Gasteiger partial charge in [0.2, 0.25) is 5.91 Å². The predicted octanol–water partition coefficient (Wildman–Crippen LogP) is 1.48. The third-order valence-electron chi connectivity index (χ3n) is 1.93. The first-order valence-corrected chi connectivity index (χ1v) is 5.09. The third-order valence-corrected chi connectivity index (χ3v) is 1.93. The molecule has 2 N–H and O–H groups in total. The van der Waals surface area contributed by atoms with Gasteiger partial charge in [-0.05, 0) is 18.6 Å². The third kappa shape index (κ3) is 3.68. The van der Waals surface area contributed by atoms with Crippen LogP contribution in [0.25, 0.3) is 0 Å². The van der Waals surface area contributed by atoms with E-state index in [-0.39, 0.29) is 23.8 Å². The largest absolute Gasteiger partial charge is 0.504 e. The minimum absolute atomic E-state index is 0.0804. The molecule has 1 aromatic heterocycles. The summed E-state index contributed by atoms with van der Waals surface area (Å²) in [6, 6.07) is 2.96. The molecule has 1 aromatic rings. The zero-order chi connectivity index (χ0) is 12.0. The summed E-state index contributed by atoms with van der Waals surface area (Å²) in [6.07, 6.45) is 2.38. The van der Waals surface area contributed by atoms with E-state index < -0.39 is 5.91 Å². The lowest BCUT2D eigenvalue weighted by molar-refractivity contribution is -0.125. The molecule has 0 saturated heterocycles. The minimum Gasteiger partial charge on any atom is -0.504 e. The summed E-state index contributed by atoms with van der Waals surface area (Å²) in [4.78, 5) is 26.3. The topological polar surface area (TPSA) is 79.3 Å². The maximum atomic E-state index is 11.4. The standard InChI is InChI=1S/C11H14N2O3/c1-2-4-8(14)7-10(16)13-11-9(15)5-3-6-12-11/h3,5-6,15H,2,4,7H2,1H3,(H,12,13,16). The lowest BCUT2D eigenvalue weighted by atomic mass is 10.2. The van der Waals surface area contributed by atoms with Gasteiger partial charge in [0, 0.05) is 12.6 Å². The lowest BCUT2D eigenvalue weighted by Crippen LogP contribution is -2.16. The molecule has 0 spiro atoms. The van der Waals surface area contributed by atoms with E-state index in [2.05, 4.69) is 10.3 Å². The van der Waals surface area contributed by atoms with Crippen molar-refractivity contribution in [1.82, 2.24) is 4.98 Å². The maximum Gasteiger partial charge on any atom is 0.233 e. The quantitative estimate of drug-likeness (QED) is 0.739. The van der Waals surface area contributed by atoms with Crippen LogP contribution in [0.3, 0.4) is 0 Å². The van der Waals surface area contributed by atoms with Crippen LogP contribution >= 0.6 is 0 Å². The van der Waals surface area contributed by atoms with Crippen LogP contribution < -0.4 is 5.32 Å². The molecule has 0 aliphatic carbocycles. The molecule has 0 bridgehead atoms. The Hall–Kier alpha value is -1.91. The number of hydrogen-bond donors (Lipinski definition) is 2. The van der Waals surface area contributed by atoms with Crippen molar-refractivity contribution in [3.8, 4) is 5.75 Å². The number of nitrogens with zero attached hydrogens (tertiary/aromatic N) is 1. The van der Waals surface area contributed by atoms with Crippen molar-refractivity contribution in [2.24, 2.45) is 0 Å². The number of hydrogen-bond acceptors (Lipinski definition) is 4. The number of rotatable bonds is 5. The first-order chi connectivity index (χ1) is 7.63. The number of nitrogens with one attached hydrogen (secondary N) is 1. The number of aromatic hydroxyl groups is 1. The Balaban J connectivity index is 2.52. The van der Waals surface area contributed by atoms with Crippen molar-refractivity contribution in [2.75, 3.05) is 5.32 Å². The molecular formula is C11H14N2O3. The number of amides is 1. The van der Waals surface area contributed by atoms with Crippen molar-refractivity contribution in [1.29, 1.82) is 0 Å². The molecule has 16 heavy (non-hydrogen) atoms. The SMILES string of the molecule is CCCC(=O)CC(=O)Nc1ncccc1O. The molecule has 1 rings (SSSR count). The molecule has 0 unspecified atom stereocenters. The van der Waals surface area contributed by atoms with Crippen molar-refractivity contribution in [2.45, 2.75) is 26.2 Å². The van der Waals surface area contributed by atoms with Crippen LogP contribution in [0, 0.1) is 0 Å². The van der Waals surface area contributed by atoms with Gasteiger partial charge >= 0.3 is 0 Å². The molecule has 0 aliphatic heterocycles. The summed E-state index contributed by atoms with van der Waals surface area (Å²) in [5, 5.41) is 11.7. The first-order valence-electron chi connectivity index (χ1n) is 5.09. The monoisotopic (exact) mass is 222 g/mol. The zero-order valence-electron chi connectivity index (χ0n) is 9.06. The number of carbonyl (C=O) groups is 2. The molecule has 0 aliphatic rings. The van der Waals surface area contributed by atoms with Crippen LogP contribution in [0.2, 0.25) is 0 Å². The van der Waals surface area contributed by atoms with Crippen LogP contribution in [0.4, 0.5) is 5.82 Å². The molecule has 0 radical (unpaired) electrons. The molecule has 0 aromatic carbocycles. The zero-order valence-corrected chi connectivity index (χ0v) is 9.06. The van der Waals surface area contributed by atoms with Crippen LogP contribution in [0.1, 0.15) is 26.2 Å². The highest BCUT2D eigenvalue weighted by molar-refractivity contribution is 6.04. The summed E-state index contributed by atoms with van der Waals surface area (Å²) in [5.74, 6) is -0.599. The smallest absolute Gasteiger partial charge is 0.233 e. The number of ketones is 1. The highest BCUT2D eigenvalue weighted by Crippen LogP contribution is 2.18. The van der Waals surface area contributed by atoms with E-state index in [9.17, 15) is 14.7 Å².